The topological polar surface area (TPSA) is 76.1 Å². The molecule has 10 heteroatoms. The number of anilines is 1. The number of aryl methyl sites for hydroxylation is 1. The molecule has 0 spiro atoms. The normalized spacial score (nSPS) is 16.7. The van der Waals surface area contributed by atoms with Gasteiger partial charge in [0.15, 0.2) is 0 Å². The van der Waals surface area contributed by atoms with Gasteiger partial charge in [0, 0.05) is 21.9 Å². The van der Waals surface area contributed by atoms with Crippen LogP contribution in [0.1, 0.15) is 39.9 Å². The van der Waals surface area contributed by atoms with Crippen LogP contribution in [0.3, 0.4) is 0 Å². The maximum absolute atomic E-state index is 13.0. The van der Waals surface area contributed by atoms with Gasteiger partial charge < -0.3 is 19.5 Å². The Kier molecular flexibility index (Phi) is 6.76. The fourth-order valence-corrected chi connectivity index (χ4v) is 5.56. The first kappa shape index (κ1) is 25.0. The van der Waals surface area contributed by atoms with Gasteiger partial charge in [-0.2, -0.15) is 0 Å². The van der Waals surface area contributed by atoms with Crippen LogP contribution in [0.5, 0.6) is 11.5 Å². The van der Waals surface area contributed by atoms with Crippen LogP contribution in [0.15, 0.2) is 65.6 Å². The Balaban J connectivity index is 1.27. The summed E-state index contributed by atoms with van der Waals surface area (Å²) < 4.78 is 47.1. The summed E-state index contributed by atoms with van der Waals surface area (Å²) in [6, 6.07) is 16.7. The Hall–Kier alpha value is -3.66. The number of carboxylic acids is 1. The highest BCUT2D eigenvalue weighted by Crippen LogP contribution is 2.37. The van der Waals surface area contributed by atoms with Gasteiger partial charge >= 0.3 is 12.3 Å². The van der Waals surface area contributed by atoms with Gasteiger partial charge in [0.25, 0.3) is 5.91 Å². The van der Waals surface area contributed by atoms with Crippen LogP contribution in [0.4, 0.5) is 18.9 Å². The number of nitrogens with zero attached hydrogens (tertiary/aromatic N) is 1. The minimum Gasteiger partial charge on any atom is -0.490 e. The summed E-state index contributed by atoms with van der Waals surface area (Å²) in [5.74, 6) is -0.0707. The van der Waals surface area contributed by atoms with Crippen LogP contribution in [-0.4, -0.2) is 29.4 Å². The molecule has 37 heavy (non-hydrogen) atoms. The summed E-state index contributed by atoms with van der Waals surface area (Å²) in [5.41, 5.74) is 4.02. The largest absolute Gasteiger partial charge is 0.573 e. The Morgan fingerprint density at radius 3 is 2.65 bits per heavy atom. The van der Waals surface area contributed by atoms with Gasteiger partial charge in [-0.25, -0.2) is 0 Å². The van der Waals surface area contributed by atoms with E-state index in [2.05, 4.69) is 10.8 Å². The third-order valence-electron chi connectivity index (χ3n) is 6.30. The van der Waals surface area contributed by atoms with Gasteiger partial charge in [0.1, 0.15) is 17.6 Å². The number of ether oxygens (including phenoxy) is 2. The summed E-state index contributed by atoms with van der Waals surface area (Å²) in [4.78, 5) is 26.6. The molecule has 0 radical (unpaired) electrons. The Bertz CT molecular complexity index is 1340. The molecule has 3 aromatic carbocycles. The number of fused-ring (bicyclic) bond motifs is 2. The van der Waals surface area contributed by atoms with E-state index >= 15 is 0 Å². The summed E-state index contributed by atoms with van der Waals surface area (Å²) >= 11 is 1.63. The summed E-state index contributed by atoms with van der Waals surface area (Å²) in [5, 5.41) is 9.00. The molecule has 0 saturated heterocycles. The number of aliphatic carboxylic acids is 1. The number of benzene rings is 3. The van der Waals surface area contributed by atoms with Gasteiger partial charge in [0.2, 0.25) is 0 Å². The van der Waals surface area contributed by atoms with Crippen LogP contribution in [0.2, 0.25) is 0 Å². The van der Waals surface area contributed by atoms with Crippen LogP contribution < -0.4 is 14.4 Å². The summed E-state index contributed by atoms with van der Waals surface area (Å²) in [6.45, 7) is 0.327. The lowest BCUT2D eigenvalue weighted by atomic mass is 10.0. The maximum atomic E-state index is 13.0. The molecule has 2 heterocycles. The zero-order valence-electron chi connectivity index (χ0n) is 19.5. The van der Waals surface area contributed by atoms with Gasteiger partial charge in [-0.1, -0.05) is 12.1 Å². The lowest BCUT2D eigenvalue weighted by Crippen LogP contribution is -2.25. The van der Waals surface area contributed by atoms with E-state index in [1.165, 1.54) is 24.3 Å². The molecule has 6 nitrogen and oxygen atoms in total. The first-order valence-corrected chi connectivity index (χ1v) is 12.6. The average molecular weight is 530 g/mol. The van der Waals surface area contributed by atoms with E-state index in [1.807, 2.05) is 24.3 Å². The molecule has 1 atom stereocenters. The van der Waals surface area contributed by atoms with E-state index in [4.69, 9.17) is 9.84 Å². The monoisotopic (exact) mass is 529 g/mol. The molecule has 0 fully saturated rings. The maximum Gasteiger partial charge on any atom is 0.573 e. The van der Waals surface area contributed by atoms with Crippen molar-refractivity contribution in [2.24, 2.45) is 0 Å². The first-order chi connectivity index (χ1) is 17.7. The predicted octanol–water partition coefficient (Wildman–Crippen LogP) is 6.21. The van der Waals surface area contributed by atoms with Crippen LogP contribution in [0.25, 0.3) is 0 Å². The van der Waals surface area contributed by atoms with E-state index in [0.29, 0.717) is 30.0 Å². The molecule has 0 aliphatic carbocycles. The minimum atomic E-state index is -4.78. The number of hydrogen-bond donors (Lipinski definition) is 1. The molecule has 3 aromatic rings. The fraction of sp³-hybridized carbons (Fsp3) is 0.259. The second-order valence-electron chi connectivity index (χ2n) is 8.81. The Morgan fingerprint density at radius 2 is 1.92 bits per heavy atom. The molecule has 1 unspecified atom stereocenters. The molecule has 0 bridgehead atoms. The molecule has 1 amide bonds. The zero-order valence-corrected chi connectivity index (χ0v) is 20.3. The SMILES string of the molecule is O=C(O)CC1CCc2cc(SCc3cccc4c3CN(c3ccc(OC(F)(F)F)cc3)C4=O)ccc2O1. The van der Waals surface area contributed by atoms with E-state index in [1.54, 1.807) is 22.7 Å². The number of carbonyl (C=O) groups excluding carboxylic acids is 1. The molecule has 0 aromatic heterocycles. The van der Waals surface area contributed by atoms with Crippen LogP contribution >= 0.6 is 11.8 Å². The van der Waals surface area contributed by atoms with Gasteiger partial charge in [0.05, 0.1) is 13.0 Å². The molecular formula is C27H22F3NO5S. The van der Waals surface area contributed by atoms with Gasteiger partial charge in [-0.05, 0) is 78.1 Å². The van der Waals surface area contributed by atoms with Crippen molar-refractivity contribution < 1.29 is 37.3 Å². The number of alkyl halides is 3. The van der Waals surface area contributed by atoms with Gasteiger partial charge in [-0.15, -0.1) is 24.9 Å². The first-order valence-electron chi connectivity index (χ1n) is 11.6. The minimum absolute atomic E-state index is 0.0176. The second kappa shape index (κ2) is 10.0. The number of carbonyl (C=O) groups is 2. The van der Waals surface area contributed by atoms with Crippen molar-refractivity contribution in [3.8, 4) is 11.5 Å². The lowest BCUT2D eigenvalue weighted by Gasteiger charge is -2.25. The molecule has 2 aliphatic rings. The van der Waals surface area contributed by atoms with Crippen molar-refractivity contribution in [3.05, 3.63) is 82.9 Å². The number of halogens is 3. The molecule has 192 valence electrons. The van der Waals surface area contributed by atoms with Crippen molar-refractivity contribution in [3.63, 3.8) is 0 Å². The zero-order chi connectivity index (χ0) is 26.2. The van der Waals surface area contributed by atoms with Crippen molar-refractivity contribution in [1.29, 1.82) is 0 Å². The van der Waals surface area contributed by atoms with Crippen molar-refractivity contribution in [2.75, 3.05) is 4.90 Å². The van der Waals surface area contributed by atoms with E-state index in [-0.39, 0.29) is 24.2 Å². The second-order valence-corrected chi connectivity index (χ2v) is 9.86. The van der Waals surface area contributed by atoms with E-state index < -0.39 is 12.3 Å². The standard InChI is InChI=1S/C27H22F3NO5S/c28-27(29,30)36-19-8-5-18(6-9-19)31-14-23-17(2-1-3-22(23)26(31)34)15-37-21-10-11-24-16(12-21)4-7-20(35-24)13-25(32)33/h1-3,5-6,8-12,20H,4,7,13-15H2,(H,32,33). The van der Waals surface area contributed by atoms with Crippen molar-refractivity contribution in [2.45, 2.75) is 48.9 Å². The lowest BCUT2D eigenvalue weighted by molar-refractivity contribution is -0.274. The Labute approximate surface area is 215 Å². The number of rotatable bonds is 7. The average Bonchev–Trinajstić information content (AvgIpc) is 3.19. The number of carboxylic acid groups (broad SMARTS) is 1. The Morgan fingerprint density at radius 1 is 1.14 bits per heavy atom. The quantitative estimate of drug-likeness (QED) is 0.367. The molecule has 5 rings (SSSR count). The highest BCUT2D eigenvalue weighted by atomic mass is 32.2. The smallest absolute Gasteiger partial charge is 0.490 e. The number of amides is 1. The molecule has 1 N–H and O–H groups in total. The summed E-state index contributed by atoms with van der Waals surface area (Å²) in [6.07, 6.45) is -3.71. The van der Waals surface area contributed by atoms with Crippen LogP contribution in [-0.2, 0) is 23.5 Å². The highest BCUT2D eigenvalue weighted by Gasteiger charge is 2.32. The highest BCUT2D eigenvalue weighted by molar-refractivity contribution is 7.98. The number of hydrogen-bond acceptors (Lipinski definition) is 5. The summed E-state index contributed by atoms with van der Waals surface area (Å²) in [7, 11) is 0. The third kappa shape index (κ3) is 5.69. The molecule has 2 aliphatic heterocycles. The fourth-order valence-electron chi connectivity index (χ4n) is 4.58. The molecular weight excluding hydrogens is 507 g/mol. The number of thioether (sulfide) groups is 1. The third-order valence-corrected chi connectivity index (χ3v) is 7.35. The molecule has 0 saturated carbocycles. The van der Waals surface area contributed by atoms with Crippen molar-refractivity contribution >= 4 is 29.3 Å². The van der Waals surface area contributed by atoms with Gasteiger partial charge in [-0.3, -0.25) is 9.59 Å². The predicted molar refractivity (Wildman–Crippen MR) is 131 cm³/mol. The van der Waals surface area contributed by atoms with Crippen molar-refractivity contribution in [1.82, 2.24) is 0 Å². The van der Waals surface area contributed by atoms with E-state index in [0.717, 1.165) is 33.8 Å². The van der Waals surface area contributed by atoms with Crippen LogP contribution in [0, 0.1) is 0 Å². The van der Waals surface area contributed by atoms with E-state index in [9.17, 15) is 22.8 Å².